The first-order valence-electron chi connectivity index (χ1n) is 9.34. The summed E-state index contributed by atoms with van der Waals surface area (Å²) in [7, 11) is 0. The zero-order valence-corrected chi connectivity index (χ0v) is 16.1. The van der Waals surface area contributed by atoms with Crippen molar-refractivity contribution in [3.05, 3.63) is 53.7 Å². The Labute approximate surface area is 164 Å². The van der Waals surface area contributed by atoms with Crippen LogP contribution in [0.2, 0.25) is 0 Å². The molecule has 1 unspecified atom stereocenters. The lowest BCUT2D eigenvalue weighted by Crippen LogP contribution is -2.41. The molecule has 1 amide bonds. The minimum absolute atomic E-state index is 0.127. The van der Waals surface area contributed by atoms with Crippen molar-refractivity contribution in [2.45, 2.75) is 32.3 Å². The molecule has 148 valence electrons. The van der Waals surface area contributed by atoms with E-state index in [0.29, 0.717) is 25.5 Å². The maximum atomic E-state index is 13.7. The Balaban J connectivity index is 1.59. The van der Waals surface area contributed by atoms with Crippen LogP contribution < -0.4 is 4.74 Å². The molecule has 0 spiro atoms. The van der Waals surface area contributed by atoms with Crippen LogP contribution in [0.15, 0.2) is 40.8 Å². The Morgan fingerprint density at radius 1 is 1.36 bits per heavy atom. The molecule has 1 N–H and O–H groups in total. The maximum Gasteiger partial charge on any atom is 0.289 e. The lowest BCUT2D eigenvalue weighted by atomic mass is 9.99. The summed E-state index contributed by atoms with van der Waals surface area (Å²) >= 11 is 0. The largest absolute Gasteiger partial charge is 0.490 e. The van der Waals surface area contributed by atoms with Gasteiger partial charge in [0.2, 0.25) is 0 Å². The molecule has 3 rings (SSSR count). The second kappa shape index (κ2) is 8.49. The minimum atomic E-state index is -1.13. The highest BCUT2D eigenvalue weighted by Gasteiger charge is 2.27. The second-order valence-electron chi connectivity index (χ2n) is 7.47. The molecule has 1 aliphatic rings. The zero-order valence-electron chi connectivity index (χ0n) is 16.1. The molecule has 2 aromatic rings. The van der Waals surface area contributed by atoms with E-state index < -0.39 is 5.60 Å². The Bertz CT molecular complexity index is 888. The second-order valence-corrected chi connectivity index (χ2v) is 7.47. The molecule has 1 fully saturated rings. The van der Waals surface area contributed by atoms with Crippen LogP contribution in [0.25, 0.3) is 0 Å². The van der Waals surface area contributed by atoms with Crippen LogP contribution in [-0.4, -0.2) is 41.2 Å². The Hall–Kier alpha value is -2.78. The highest BCUT2D eigenvalue weighted by atomic mass is 19.1. The van der Waals surface area contributed by atoms with E-state index >= 15 is 0 Å². The molecule has 0 radical (unpaired) electrons. The number of carbonyl (C=O) groups excluding carboxylic acids is 1. The summed E-state index contributed by atoms with van der Waals surface area (Å²) in [5.74, 6) is 5.70. The first-order chi connectivity index (χ1) is 13.3. The average Bonchev–Trinajstić information content (AvgIpc) is 3.14. The van der Waals surface area contributed by atoms with Gasteiger partial charge in [0, 0.05) is 19.0 Å². The highest BCUT2D eigenvalue weighted by Crippen LogP contribution is 2.22. The number of para-hydroxylation sites is 1. The van der Waals surface area contributed by atoms with E-state index in [1.54, 1.807) is 49.1 Å². The topological polar surface area (TPSA) is 62.9 Å². The van der Waals surface area contributed by atoms with Gasteiger partial charge in [-0.05, 0) is 56.9 Å². The fourth-order valence-corrected chi connectivity index (χ4v) is 3.05. The van der Waals surface area contributed by atoms with Gasteiger partial charge in [-0.25, -0.2) is 4.39 Å². The Kier molecular flexibility index (Phi) is 6.05. The predicted molar refractivity (Wildman–Crippen MR) is 102 cm³/mol. The van der Waals surface area contributed by atoms with Crippen LogP contribution in [0.3, 0.4) is 0 Å². The van der Waals surface area contributed by atoms with Gasteiger partial charge in [-0.1, -0.05) is 18.1 Å². The number of hydrogen-bond donors (Lipinski definition) is 1. The number of carbonyl (C=O) groups is 1. The van der Waals surface area contributed by atoms with Crippen molar-refractivity contribution in [2.24, 2.45) is 5.92 Å². The van der Waals surface area contributed by atoms with Crippen molar-refractivity contribution in [3.63, 3.8) is 0 Å². The lowest BCUT2D eigenvalue weighted by molar-refractivity contribution is 0.0600. The number of rotatable bonds is 4. The summed E-state index contributed by atoms with van der Waals surface area (Å²) < 4.78 is 24.8. The smallest absolute Gasteiger partial charge is 0.289 e. The van der Waals surface area contributed by atoms with Crippen molar-refractivity contribution >= 4 is 5.91 Å². The van der Waals surface area contributed by atoms with Crippen LogP contribution in [-0.2, 0) is 0 Å². The number of furan rings is 1. The molecule has 0 bridgehead atoms. The van der Waals surface area contributed by atoms with Crippen molar-refractivity contribution < 1.29 is 23.4 Å². The third kappa shape index (κ3) is 5.37. The third-order valence-electron chi connectivity index (χ3n) is 4.43. The molecule has 1 aromatic heterocycles. The standard InChI is InChI=1S/C22H24FNO4/c1-22(2,26)12-11-17-9-10-20(28-17)21(25)24-13-5-6-16(14-24)15-27-19-8-4-3-7-18(19)23/h3-4,7-10,16,26H,5-6,13-15H2,1-2H3. The molecule has 0 aliphatic carbocycles. The number of amides is 1. The highest BCUT2D eigenvalue weighted by molar-refractivity contribution is 5.91. The molecule has 5 nitrogen and oxygen atoms in total. The fourth-order valence-electron chi connectivity index (χ4n) is 3.05. The molecule has 1 aromatic carbocycles. The van der Waals surface area contributed by atoms with E-state index in [-0.39, 0.29) is 29.2 Å². The molecule has 6 heteroatoms. The summed E-state index contributed by atoms with van der Waals surface area (Å²) in [6.45, 7) is 4.67. The Morgan fingerprint density at radius 3 is 2.89 bits per heavy atom. The molecular formula is C22H24FNO4. The average molecular weight is 385 g/mol. The number of ether oxygens (including phenoxy) is 1. The first kappa shape index (κ1) is 20.0. The number of aliphatic hydroxyl groups is 1. The number of piperidine rings is 1. The molecule has 0 saturated carbocycles. The van der Waals surface area contributed by atoms with Gasteiger partial charge in [0.15, 0.2) is 23.1 Å². The monoisotopic (exact) mass is 385 g/mol. The maximum absolute atomic E-state index is 13.7. The van der Waals surface area contributed by atoms with E-state index in [1.807, 2.05) is 0 Å². The van der Waals surface area contributed by atoms with Gasteiger partial charge in [-0.15, -0.1) is 0 Å². The molecule has 2 heterocycles. The molecule has 1 saturated heterocycles. The SMILES string of the molecule is CC(C)(O)C#Cc1ccc(C(=O)N2CCCC(COc3ccccc3F)C2)o1. The van der Waals surface area contributed by atoms with Crippen molar-refractivity contribution in [3.8, 4) is 17.6 Å². The van der Waals surface area contributed by atoms with Gasteiger partial charge in [0.05, 0.1) is 6.61 Å². The van der Waals surface area contributed by atoms with Crippen molar-refractivity contribution in [2.75, 3.05) is 19.7 Å². The summed E-state index contributed by atoms with van der Waals surface area (Å²) in [5, 5.41) is 9.65. The summed E-state index contributed by atoms with van der Waals surface area (Å²) in [4.78, 5) is 14.4. The normalized spacial score (nSPS) is 17.0. The summed E-state index contributed by atoms with van der Waals surface area (Å²) in [6, 6.07) is 9.52. The number of benzene rings is 1. The van der Waals surface area contributed by atoms with Crippen LogP contribution in [0.4, 0.5) is 4.39 Å². The fraction of sp³-hybridized carbons (Fsp3) is 0.409. The number of hydrogen-bond acceptors (Lipinski definition) is 4. The van der Waals surface area contributed by atoms with Crippen LogP contribution >= 0.6 is 0 Å². The molecule has 1 atom stereocenters. The zero-order chi connectivity index (χ0) is 20.1. The van der Waals surface area contributed by atoms with E-state index in [1.165, 1.54) is 6.07 Å². The van der Waals surface area contributed by atoms with E-state index in [0.717, 1.165) is 12.8 Å². The number of nitrogens with zero attached hydrogens (tertiary/aromatic N) is 1. The van der Waals surface area contributed by atoms with E-state index in [4.69, 9.17) is 9.15 Å². The van der Waals surface area contributed by atoms with Gasteiger partial charge < -0.3 is 19.2 Å². The van der Waals surface area contributed by atoms with E-state index in [2.05, 4.69) is 11.8 Å². The summed E-state index contributed by atoms with van der Waals surface area (Å²) in [5.41, 5.74) is -1.13. The van der Waals surface area contributed by atoms with Crippen LogP contribution in [0.1, 0.15) is 43.0 Å². The first-order valence-corrected chi connectivity index (χ1v) is 9.34. The third-order valence-corrected chi connectivity index (χ3v) is 4.43. The van der Waals surface area contributed by atoms with Gasteiger partial charge >= 0.3 is 0 Å². The van der Waals surface area contributed by atoms with Crippen molar-refractivity contribution in [1.82, 2.24) is 4.90 Å². The number of likely N-dealkylation sites (tertiary alicyclic amines) is 1. The van der Waals surface area contributed by atoms with Gasteiger partial charge in [-0.3, -0.25) is 4.79 Å². The quantitative estimate of drug-likeness (QED) is 0.819. The molecule has 28 heavy (non-hydrogen) atoms. The van der Waals surface area contributed by atoms with Crippen LogP contribution in [0.5, 0.6) is 5.75 Å². The molecular weight excluding hydrogens is 361 g/mol. The van der Waals surface area contributed by atoms with Gasteiger partial charge in [0.1, 0.15) is 5.60 Å². The van der Waals surface area contributed by atoms with Gasteiger partial charge in [0.25, 0.3) is 5.91 Å². The lowest BCUT2D eigenvalue weighted by Gasteiger charge is -2.32. The summed E-state index contributed by atoms with van der Waals surface area (Å²) in [6.07, 6.45) is 1.77. The minimum Gasteiger partial charge on any atom is -0.490 e. The Morgan fingerprint density at radius 2 is 2.14 bits per heavy atom. The van der Waals surface area contributed by atoms with Crippen molar-refractivity contribution in [1.29, 1.82) is 0 Å². The molecule has 1 aliphatic heterocycles. The van der Waals surface area contributed by atoms with Gasteiger partial charge in [-0.2, -0.15) is 0 Å². The number of halogens is 1. The van der Waals surface area contributed by atoms with E-state index in [9.17, 15) is 14.3 Å². The predicted octanol–water partition coefficient (Wildman–Crippen LogP) is 3.47. The van der Waals surface area contributed by atoms with Crippen LogP contribution in [0, 0.1) is 23.6 Å².